The van der Waals surface area contributed by atoms with Gasteiger partial charge < -0.3 is 15.4 Å². The zero-order valence-electron chi connectivity index (χ0n) is 18.6. The average Bonchev–Trinajstić information content (AvgIpc) is 3.54. The number of piperidine rings is 1. The number of benzene rings is 1. The summed E-state index contributed by atoms with van der Waals surface area (Å²) in [5.41, 5.74) is 8.34. The highest BCUT2D eigenvalue weighted by molar-refractivity contribution is 6.31. The molecule has 4 aromatic rings. The molecule has 2 atom stereocenters. The maximum absolute atomic E-state index is 14.1. The maximum atomic E-state index is 14.1. The summed E-state index contributed by atoms with van der Waals surface area (Å²) < 4.78 is 21.9. The number of aromatic amines is 1. The van der Waals surface area contributed by atoms with Crippen molar-refractivity contribution in [2.45, 2.75) is 31.9 Å². The number of anilines is 1. The predicted molar refractivity (Wildman–Crippen MR) is 127 cm³/mol. The number of nitrogens with zero attached hydrogens (tertiary/aromatic N) is 5. The van der Waals surface area contributed by atoms with Crippen molar-refractivity contribution < 1.29 is 9.13 Å². The molecule has 0 aliphatic carbocycles. The lowest BCUT2D eigenvalue weighted by atomic mass is 9.73. The molecule has 2 saturated heterocycles. The highest BCUT2D eigenvalue weighted by atomic mass is 35.5. The van der Waals surface area contributed by atoms with Gasteiger partial charge in [-0.1, -0.05) is 23.6 Å². The van der Waals surface area contributed by atoms with Crippen molar-refractivity contribution in [3.05, 3.63) is 52.7 Å². The van der Waals surface area contributed by atoms with Gasteiger partial charge in [0, 0.05) is 36.9 Å². The third-order valence-corrected chi connectivity index (χ3v) is 7.51. The van der Waals surface area contributed by atoms with Crippen LogP contribution in [0.5, 0.6) is 0 Å². The van der Waals surface area contributed by atoms with Gasteiger partial charge in [0.25, 0.3) is 0 Å². The first kappa shape index (κ1) is 21.4. The van der Waals surface area contributed by atoms with Crippen LogP contribution in [0.2, 0.25) is 5.02 Å². The van der Waals surface area contributed by atoms with Crippen molar-refractivity contribution >= 4 is 34.2 Å². The molecule has 0 unspecified atom stereocenters. The third-order valence-electron chi connectivity index (χ3n) is 7.20. The van der Waals surface area contributed by atoms with Crippen molar-refractivity contribution in [1.82, 2.24) is 24.6 Å². The predicted octanol–water partition coefficient (Wildman–Crippen LogP) is 3.13. The zero-order chi connectivity index (χ0) is 23.4. The number of ether oxygens (including phenoxy) is 1. The van der Waals surface area contributed by atoms with Gasteiger partial charge in [0.05, 0.1) is 28.7 Å². The first-order valence-corrected chi connectivity index (χ1v) is 11.6. The lowest BCUT2D eigenvalue weighted by Crippen LogP contribution is -2.51. The number of hydrogen-bond acceptors (Lipinski definition) is 6. The van der Waals surface area contributed by atoms with Crippen molar-refractivity contribution in [2.75, 3.05) is 24.6 Å². The van der Waals surface area contributed by atoms with E-state index in [9.17, 15) is 4.39 Å². The van der Waals surface area contributed by atoms with Gasteiger partial charge in [-0.3, -0.25) is 9.50 Å². The van der Waals surface area contributed by atoms with E-state index >= 15 is 0 Å². The van der Waals surface area contributed by atoms with Crippen LogP contribution in [-0.4, -0.2) is 56.4 Å². The average molecular weight is 480 g/mol. The molecule has 8 nitrogen and oxygen atoms in total. The van der Waals surface area contributed by atoms with Crippen LogP contribution >= 0.6 is 11.6 Å². The van der Waals surface area contributed by atoms with Gasteiger partial charge in [-0.15, -0.1) is 0 Å². The first-order chi connectivity index (χ1) is 16.5. The SMILES string of the molecule is C[C@@H]1OCC2(CCN(c3nc4[nH]nc(C#Cc5c(F)cccc5Cl)c4c4nccn34)CC2)[C@@H]1N. The molecule has 10 heteroatoms. The summed E-state index contributed by atoms with van der Waals surface area (Å²) in [6.07, 6.45) is 5.58. The third kappa shape index (κ3) is 3.25. The number of rotatable bonds is 1. The van der Waals surface area contributed by atoms with Gasteiger partial charge >= 0.3 is 0 Å². The summed E-state index contributed by atoms with van der Waals surface area (Å²) in [6.45, 7) is 4.41. The van der Waals surface area contributed by atoms with Crippen LogP contribution in [0, 0.1) is 23.1 Å². The van der Waals surface area contributed by atoms with E-state index in [2.05, 4.69) is 38.8 Å². The standard InChI is InChI=1S/C24H23ClFN7O/c1-14-20(27)24(13-34-14)7-10-32(11-8-24)23-29-21-19(22-28-9-12-33(22)23)18(30-31-21)6-5-15-16(25)3-2-4-17(15)26/h2-4,9,12,14,20H,7-8,10-11,13,27H2,1H3,(H,30,31)/t14-,20+/m0/s1. The number of halogens is 2. The number of H-pyrrole nitrogens is 1. The molecule has 0 bridgehead atoms. The second kappa shape index (κ2) is 7.94. The monoisotopic (exact) mass is 479 g/mol. The van der Waals surface area contributed by atoms with Crippen LogP contribution in [0.15, 0.2) is 30.6 Å². The Morgan fingerprint density at radius 1 is 1.29 bits per heavy atom. The number of aromatic nitrogens is 5. The normalized spacial score (nSPS) is 21.9. The van der Waals surface area contributed by atoms with Gasteiger partial charge in [-0.05, 0) is 37.8 Å². The van der Waals surface area contributed by atoms with Crippen LogP contribution < -0.4 is 10.6 Å². The molecule has 174 valence electrons. The molecule has 2 fully saturated rings. The first-order valence-electron chi connectivity index (χ1n) is 11.3. The lowest BCUT2D eigenvalue weighted by molar-refractivity contribution is 0.0973. The van der Waals surface area contributed by atoms with Gasteiger partial charge in [0.15, 0.2) is 11.3 Å². The van der Waals surface area contributed by atoms with E-state index in [1.165, 1.54) is 6.07 Å². The Morgan fingerprint density at radius 3 is 2.85 bits per heavy atom. The molecule has 1 spiro atoms. The molecule has 1 aromatic carbocycles. The molecule has 34 heavy (non-hydrogen) atoms. The number of nitrogens with one attached hydrogen (secondary N) is 1. The smallest absolute Gasteiger partial charge is 0.213 e. The lowest BCUT2D eigenvalue weighted by Gasteiger charge is -2.41. The molecule has 0 amide bonds. The Kier molecular flexibility index (Phi) is 4.99. The summed E-state index contributed by atoms with van der Waals surface area (Å²) >= 11 is 6.11. The van der Waals surface area contributed by atoms with E-state index in [0.29, 0.717) is 29.0 Å². The number of nitrogens with two attached hydrogens (primary N) is 1. The number of hydrogen-bond donors (Lipinski definition) is 2. The van der Waals surface area contributed by atoms with Gasteiger partial charge in [0.1, 0.15) is 11.5 Å². The van der Waals surface area contributed by atoms with Crippen LogP contribution in [0.25, 0.3) is 16.7 Å². The van der Waals surface area contributed by atoms with E-state index in [-0.39, 0.29) is 28.1 Å². The Morgan fingerprint density at radius 2 is 2.12 bits per heavy atom. The molecule has 6 rings (SSSR count). The largest absolute Gasteiger partial charge is 0.376 e. The second-order valence-electron chi connectivity index (χ2n) is 9.07. The molecular weight excluding hydrogens is 457 g/mol. The van der Waals surface area contributed by atoms with E-state index in [0.717, 1.165) is 31.9 Å². The minimum absolute atomic E-state index is 0.0266. The highest BCUT2D eigenvalue weighted by Crippen LogP contribution is 2.42. The Balaban J connectivity index is 1.36. The Labute approximate surface area is 200 Å². The van der Waals surface area contributed by atoms with Crippen LogP contribution in [0.4, 0.5) is 10.3 Å². The van der Waals surface area contributed by atoms with Gasteiger partial charge in [-0.25, -0.2) is 9.37 Å². The highest BCUT2D eigenvalue weighted by Gasteiger charge is 2.47. The van der Waals surface area contributed by atoms with Gasteiger partial charge in [-0.2, -0.15) is 10.1 Å². The second-order valence-corrected chi connectivity index (χ2v) is 9.47. The van der Waals surface area contributed by atoms with Crippen molar-refractivity contribution in [1.29, 1.82) is 0 Å². The minimum Gasteiger partial charge on any atom is -0.376 e. The molecule has 3 N–H and O–H groups in total. The molecule has 2 aliphatic rings. The molecule has 0 saturated carbocycles. The summed E-state index contributed by atoms with van der Waals surface area (Å²) in [7, 11) is 0. The van der Waals surface area contributed by atoms with Gasteiger partial charge in [0.2, 0.25) is 5.95 Å². The fourth-order valence-electron chi connectivity index (χ4n) is 5.11. The molecular formula is C24H23ClFN7O. The quantitative estimate of drug-likeness (QED) is 0.407. The molecule has 3 aromatic heterocycles. The van der Waals surface area contributed by atoms with Crippen molar-refractivity contribution in [2.24, 2.45) is 11.1 Å². The van der Waals surface area contributed by atoms with Crippen LogP contribution in [0.3, 0.4) is 0 Å². The maximum Gasteiger partial charge on any atom is 0.213 e. The Bertz CT molecular complexity index is 1440. The molecule has 2 aliphatic heterocycles. The summed E-state index contributed by atoms with van der Waals surface area (Å²) in [5.74, 6) is 6.06. The Hall–Kier alpha value is -3.19. The van der Waals surface area contributed by atoms with Crippen LogP contribution in [-0.2, 0) is 4.74 Å². The summed E-state index contributed by atoms with van der Waals surface area (Å²) in [4.78, 5) is 11.7. The fraction of sp³-hybridized carbons (Fsp3) is 0.375. The topological polar surface area (TPSA) is 97.4 Å². The fourth-order valence-corrected chi connectivity index (χ4v) is 5.32. The number of fused-ring (bicyclic) bond motifs is 3. The minimum atomic E-state index is -0.476. The van der Waals surface area contributed by atoms with E-state index in [1.54, 1.807) is 18.3 Å². The zero-order valence-corrected chi connectivity index (χ0v) is 19.3. The van der Waals surface area contributed by atoms with E-state index in [4.69, 9.17) is 27.1 Å². The van der Waals surface area contributed by atoms with E-state index in [1.807, 2.05) is 10.6 Å². The van der Waals surface area contributed by atoms with Crippen molar-refractivity contribution in [3.63, 3.8) is 0 Å². The van der Waals surface area contributed by atoms with E-state index < -0.39 is 5.82 Å². The molecule has 5 heterocycles. The van der Waals surface area contributed by atoms with Crippen molar-refractivity contribution in [3.8, 4) is 11.8 Å². The summed E-state index contributed by atoms with van der Waals surface area (Å²) in [5, 5.41) is 8.23. The molecule has 0 radical (unpaired) electrons. The van der Waals surface area contributed by atoms with Crippen LogP contribution in [0.1, 0.15) is 31.0 Å². The summed E-state index contributed by atoms with van der Waals surface area (Å²) in [6, 6.07) is 4.52. The number of imidazole rings is 1.